The van der Waals surface area contributed by atoms with Gasteiger partial charge >= 0.3 is 12.1 Å². The van der Waals surface area contributed by atoms with Crippen LogP contribution >= 0.6 is 0 Å². The van der Waals surface area contributed by atoms with Crippen LogP contribution in [-0.4, -0.2) is 56.1 Å². The fraction of sp³-hybridized carbons (Fsp3) is 0.636. The lowest BCUT2D eigenvalue weighted by Gasteiger charge is -2.33. The maximum Gasteiger partial charge on any atom is 0.393 e. The smallest absolute Gasteiger partial charge is 0.393 e. The van der Waals surface area contributed by atoms with Gasteiger partial charge in [-0.1, -0.05) is 5.21 Å². The van der Waals surface area contributed by atoms with E-state index in [-0.39, 0.29) is 38.2 Å². The first kappa shape index (κ1) is 15.3. The molecule has 2 rings (SSSR count). The highest BCUT2D eigenvalue weighted by Crippen LogP contribution is 2.33. The number of carboxylic acids is 1. The molecule has 7 nitrogen and oxygen atoms in total. The predicted molar refractivity (Wildman–Crippen MR) is 62.3 cm³/mol. The van der Waals surface area contributed by atoms with E-state index in [0.29, 0.717) is 0 Å². The zero-order valence-electron chi connectivity index (χ0n) is 10.9. The van der Waals surface area contributed by atoms with Gasteiger partial charge in [0.25, 0.3) is 0 Å². The van der Waals surface area contributed by atoms with Gasteiger partial charge in [-0.05, 0) is 12.8 Å². The number of amides is 1. The number of carbonyl (C=O) groups is 2. The third-order valence-electron chi connectivity index (χ3n) is 3.29. The Balaban J connectivity index is 1.97. The third-order valence-corrected chi connectivity index (χ3v) is 3.29. The molecule has 1 amide bonds. The molecule has 1 aliphatic heterocycles. The molecule has 0 spiro atoms. The molecule has 1 atom stereocenters. The molecule has 1 aromatic heterocycles. The van der Waals surface area contributed by atoms with Crippen LogP contribution in [0.3, 0.4) is 0 Å². The van der Waals surface area contributed by atoms with Gasteiger partial charge < -0.3 is 10.0 Å². The maximum absolute atomic E-state index is 12.7. The van der Waals surface area contributed by atoms with Gasteiger partial charge in [-0.15, -0.1) is 5.10 Å². The molecule has 1 aromatic rings. The van der Waals surface area contributed by atoms with Gasteiger partial charge in [0.1, 0.15) is 6.54 Å². The van der Waals surface area contributed by atoms with Crippen molar-refractivity contribution >= 4 is 11.9 Å². The summed E-state index contributed by atoms with van der Waals surface area (Å²) in [7, 11) is 0. The highest BCUT2D eigenvalue weighted by Gasteiger charge is 2.42. The molecule has 21 heavy (non-hydrogen) atoms. The molecule has 1 unspecified atom stereocenters. The maximum atomic E-state index is 12.7. The second kappa shape index (κ2) is 5.70. The summed E-state index contributed by atoms with van der Waals surface area (Å²) in [5.74, 6) is -3.34. The standard InChI is InChI=1S/C11H13F3N4O3/c12-11(13,14)7-2-1-3-17(4-7)9(19)6-18-5-8(10(20)21)15-16-18/h5,7H,1-4,6H2,(H,20,21). The molecule has 1 N–H and O–H groups in total. The number of likely N-dealkylation sites (tertiary alicyclic amines) is 1. The number of piperidine rings is 1. The van der Waals surface area contributed by atoms with Crippen molar-refractivity contribution in [2.24, 2.45) is 5.92 Å². The van der Waals surface area contributed by atoms with Crippen LogP contribution in [0.25, 0.3) is 0 Å². The number of aromatic carboxylic acids is 1. The van der Waals surface area contributed by atoms with E-state index in [1.54, 1.807) is 0 Å². The van der Waals surface area contributed by atoms with Gasteiger partial charge in [0.2, 0.25) is 5.91 Å². The number of rotatable bonds is 3. The summed E-state index contributed by atoms with van der Waals surface area (Å²) >= 11 is 0. The average molecular weight is 306 g/mol. The molecule has 116 valence electrons. The lowest BCUT2D eigenvalue weighted by atomic mass is 9.97. The molecular formula is C11H13F3N4O3. The van der Waals surface area contributed by atoms with E-state index in [9.17, 15) is 22.8 Å². The lowest BCUT2D eigenvalue weighted by Crippen LogP contribution is -2.45. The van der Waals surface area contributed by atoms with Gasteiger partial charge in [0, 0.05) is 13.1 Å². The van der Waals surface area contributed by atoms with E-state index in [4.69, 9.17) is 5.11 Å². The van der Waals surface area contributed by atoms with Crippen LogP contribution in [0, 0.1) is 5.92 Å². The Kier molecular flexibility index (Phi) is 4.14. The minimum absolute atomic E-state index is 0.0137. The summed E-state index contributed by atoms with van der Waals surface area (Å²) in [4.78, 5) is 23.7. The van der Waals surface area contributed by atoms with Crippen LogP contribution < -0.4 is 0 Å². The van der Waals surface area contributed by atoms with Crippen LogP contribution in [0.2, 0.25) is 0 Å². The number of hydrogen-bond acceptors (Lipinski definition) is 4. The van der Waals surface area contributed by atoms with Crippen molar-refractivity contribution in [2.45, 2.75) is 25.6 Å². The monoisotopic (exact) mass is 306 g/mol. The summed E-state index contributed by atoms with van der Waals surface area (Å²) in [6.07, 6.45) is -2.96. The van der Waals surface area contributed by atoms with Crippen LogP contribution in [0.5, 0.6) is 0 Å². The number of alkyl halides is 3. The van der Waals surface area contributed by atoms with E-state index in [1.165, 1.54) is 0 Å². The third kappa shape index (κ3) is 3.70. The first-order chi connectivity index (χ1) is 9.77. The molecular weight excluding hydrogens is 293 g/mol. The Labute approximate surface area is 117 Å². The topological polar surface area (TPSA) is 88.3 Å². The first-order valence-corrected chi connectivity index (χ1v) is 6.25. The van der Waals surface area contributed by atoms with E-state index in [1.807, 2.05) is 0 Å². The highest BCUT2D eigenvalue weighted by molar-refractivity contribution is 5.84. The van der Waals surface area contributed by atoms with Crippen LogP contribution in [0.15, 0.2) is 6.20 Å². The normalized spacial score (nSPS) is 19.6. The zero-order valence-corrected chi connectivity index (χ0v) is 10.9. The largest absolute Gasteiger partial charge is 0.476 e. The van der Waals surface area contributed by atoms with Crippen molar-refractivity contribution < 1.29 is 27.9 Å². The van der Waals surface area contributed by atoms with Crippen molar-refractivity contribution in [2.75, 3.05) is 13.1 Å². The number of carboxylic acid groups (broad SMARTS) is 1. The van der Waals surface area contributed by atoms with Gasteiger partial charge in [-0.25, -0.2) is 9.48 Å². The van der Waals surface area contributed by atoms with Gasteiger partial charge in [-0.3, -0.25) is 4.79 Å². The minimum atomic E-state index is -4.32. The fourth-order valence-electron chi connectivity index (χ4n) is 2.18. The van der Waals surface area contributed by atoms with Gasteiger partial charge in [-0.2, -0.15) is 13.2 Å². The fourth-order valence-corrected chi connectivity index (χ4v) is 2.18. The molecule has 0 aliphatic carbocycles. The highest BCUT2D eigenvalue weighted by atomic mass is 19.4. The van der Waals surface area contributed by atoms with Gasteiger partial charge in [0.05, 0.1) is 12.1 Å². The Bertz CT molecular complexity index is 543. The first-order valence-electron chi connectivity index (χ1n) is 6.25. The summed E-state index contributed by atoms with van der Waals surface area (Å²) in [6, 6.07) is 0. The average Bonchev–Trinajstić information content (AvgIpc) is 2.86. The van der Waals surface area contributed by atoms with Crippen LogP contribution in [0.1, 0.15) is 23.3 Å². The van der Waals surface area contributed by atoms with Crippen LogP contribution in [0.4, 0.5) is 13.2 Å². The van der Waals surface area contributed by atoms with E-state index >= 15 is 0 Å². The number of halogens is 3. The summed E-state index contributed by atoms with van der Waals surface area (Å²) in [5, 5.41) is 15.5. The summed E-state index contributed by atoms with van der Waals surface area (Å²) < 4.78 is 39.0. The molecule has 0 saturated carbocycles. The van der Waals surface area contributed by atoms with E-state index < -0.39 is 24.0 Å². The molecule has 0 radical (unpaired) electrons. The predicted octanol–water partition coefficient (Wildman–Crippen LogP) is 0.777. The molecule has 1 fully saturated rings. The Morgan fingerprint density at radius 2 is 2.14 bits per heavy atom. The number of aromatic nitrogens is 3. The van der Waals surface area contributed by atoms with Crippen molar-refractivity contribution in [1.29, 1.82) is 0 Å². The number of carbonyl (C=O) groups excluding carboxylic acids is 1. The quantitative estimate of drug-likeness (QED) is 0.891. The molecule has 0 aromatic carbocycles. The Morgan fingerprint density at radius 1 is 1.43 bits per heavy atom. The summed E-state index contributed by atoms with van der Waals surface area (Å²) in [5.41, 5.74) is -0.324. The van der Waals surface area contributed by atoms with Crippen molar-refractivity contribution in [3.63, 3.8) is 0 Å². The van der Waals surface area contributed by atoms with E-state index in [0.717, 1.165) is 15.8 Å². The SMILES string of the molecule is O=C(O)c1cn(CC(=O)N2CCCC(C(F)(F)F)C2)nn1. The number of hydrogen-bond donors (Lipinski definition) is 1. The second-order valence-electron chi connectivity index (χ2n) is 4.83. The van der Waals surface area contributed by atoms with Gasteiger partial charge in [0.15, 0.2) is 5.69 Å². The summed E-state index contributed by atoms with van der Waals surface area (Å²) in [6.45, 7) is -0.445. The molecule has 1 saturated heterocycles. The zero-order chi connectivity index (χ0) is 15.6. The molecule has 0 bridgehead atoms. The Hall–Kier alpha value is -2.13. The second-order valence-corrected chi connectivity index (χ2v) is 4.83. The molecule has 10 heteroatoms. The number of nitrogens with zero attached hydrogens (tertiary/aromatic N) is 4. The molecule has 1 aliphatic rings. The van der Waals surface area contributed by atoms with E-state index in [2.05, 4.69) is 10.3 Å². The lowest BCUT2D eigenvalue weighted by molar-refractivity contribution is -0.188. The van der Waals surface area contributed by atoms with Crippen LogP contribution in [-0.2, 0) is 11.3 Å². The van der Waals surface area contributed by atoms with Crippen molar-refractivity contribution in [1.82, 2.24) is 19.9 Å². The minimum Gasteiger partial charge on any atom is -0.476 e. The van der Waals surface area contributed by atoms with Crippen molar-refractivity contribution in [3.8, 4) is 0 Å². The molecule has 2 heterocycles. The Morgan fingerprint density at radius 3 is 2.71 bits per heavy atom. The van der Waals surface area contributed by atoms with Crippen molar-refractivity contribution in [3.05, 3.63) is 11.9 Å².